The lowest BCUT2D eigenvalue weighted by Crippen LogP contribution is -2.25. The Morgan fingerprint density at radius 1 is 0.291 bits per heavy atom. The topological polar surface area (TPSA) is 51.6 Å². The minimum Gasteiger partial charge on any atom is -0.264 e. The van der Waals surface area contributed by atoms with Crippen molar-refractivity contribution in [3.63, 3.8) is 0 Å². The molecule has 0 aliphatic heterocycles. The molecule has 0 saturated heterocycles. The highest BCUT2D eigenvalue weighted by atomic mass is 15.0. The van der Waals surface area contributed by atoms with Gasteiger partial charge in [-0.25, -0.2) is 15.0 Å². The predicted molar refractivity (Wildman–Crippen MR) is 221 cm³/mol. The summed E-state index contributed by atoms with van der Waals surface area (Å²) in [5.41, 5.74) is 17.0. The number of benzene rings is 7. The van der Waals surface area contributed by atoms with Crippen LogP contribution < -0.4 is 0 Å². The van der Waals surface area contributed by atoms with Crippen LogP contribution in [0.4, 0.5) is 0 Å². The monoisotopic (exact) mass is 700 g/mol. The summed E-state index contributed by atoms with van der Waals surface area (Å²) in [4.78, 5) is 19.9. The molecule has 55 heavy (non-hydrogen) atoms. The lowest BCUT2D eigenvalue weighted by Gasteiger charge is -2.30. The molecular weight excluding hydrogens is 669 g/mol. The maximum absolute atomic E-state index is 5.25. The minimum absolute atomic E-state index is 0.458. The van der Waals surface area contributed by atoms with Crippen molar-refractivity contribution in [3.05, 3.63) is 217 Å². The smallest absolute Gasteiger partial charge is 0.164 e. The molecule has 4 heteroatoms. The summed E-state index contributed by atoms with van der Waals surface area (Å²) >= 11 is 0. The van der Waals surface area contributed by atoms with Gasteiger partial charge in [-0.1, -0.05) is 164 Å². The summed E-state index contributed by atoms with van der Waals surface area (Å²) < 4.78 is 0. The molecular formula is C51H32N4. The quantitative estimate of drug-likeness (QED) is 0.179. The Balaban J connectivity index is 1.12. The highest BCUT2D eigenvalue weighted by Crippen LogP contribution is 2.63. The molecule has 0 radical (unpaired) electrons. The van der Waals surface area contributed by atoms with Gasteiger partial charge in [0.2, 0.25) is 0 Å². The predicted octanol–water partition coefficient (Wildman–Crippen LogP) is 11.9. The first-order valence-electron chi connectivity index (χ1n) is 18.6. The molecule has 7 aromatic carbocycles. The SMILES string of the molecule is c1ccc(-c2cccc(-c3nc(-c4ccc(-c5cccnc5)cc4)nc(-c4ccc5c(c4)C4(c6ccccc6-c6ccccc64)c4ccccc4-5)n3)c2)cc1. The van der Waals surface area contributed by atoms with Crippen molar-refractivity contribution in [1.82, 2.24) is 19.9 Å². The Kier molecular flexibility index (Phi) is 7.04. The second-order valence-electron chi connectivity index (χ2n) is 14.2. The lowest BCUT2D eigenvalue weighted by atomic mass is 9.70. The van der Waals surface area contributed by atoms with Crippen LogP contribution in [0.1, 0.15) is 22.3 Å². The van der Waals surface area contributed by atoms with Crippen molar-refractivity contribution in [2.24, 2.45) is 0 Å². The average Bonchev–Trinajstić information content (AvgIpc) is 3.74. The first-order chi connectivity index (χ1) is 27.3. The molecule has 0 saturated carbocycles. The van der Waals surface area contributed by atoms with E-state index < -0.39 is 5.41 Å². The zero-order valence-corrected chi connectivity index (χ0v) is 29.8. The Bertz CT molecular complexity index is 2850. The molecule has 4 nitrogen and oxygen atoms in total. The molecule has 0 bridgehead atoms. The van der Waals surface area contributed by atoms with Crippen molar-refractivity contribution >= 4 is 0 Å². The van der Waals surface area contributed by atoms with Gasteiger partial charge in [0.1, 0.15) is 0 Å². The third-order valence-corrected chi connectivity index (χ3v) is 11.3. The van der Waals surface area contributed by atoms with Crippen molar-refractivity contribution in [1.29, 1.82) is 0 Å². The number of hydrogen-bond donors (Lipinski definition) is 0. The second kappa shape index (κ2) is 12.4. The number of fused-ring (bicyclic) bond motifs is 10. The molecule has 0 fully saturated rings. The Morgan fingerprint density at radius 2 is 0.745 bits per heavy atom. The molecule has 9 aromatic rings. The van der Waals surface area contributed by atoms with Gasteiger partial charge in [0.15, 0.2) is 17.5 Å². The Morgan fingerprint density at radius 3 is 1.36 bits per heavy atom. The highest BCUT2D eigenvalue weighted by Gasteiger charge is 2.51. The van der Waals surface area contributed by atoms with Crippen LogP contribution in [-0.4, -0.2) is 19.9 Å². The average molecular weight is 701 g/mol. The van der Waals surface area contributed by atoms with Gasteiger partial charge >= 0.3 is 0 Å². The van der Waals surface area contributed by atoms with Gasteiger partial charge in [0, 0.05) is 29.1 Å². The minimum atomic E-state index is -0.458. The van der Waals surface area contributed by atoms with E-state index in [-0.39, 0.29) is 0 Å². The lowest BCUT2D eigenvalue weighted by molar-refractivity contribution is 0.794. The Labute approximate surface area is 319 Å². The summed E-state index contributed by atoms with van der Waals surface area (Å²) in [5, 5.41) is 0. The molecule has 256 valence electrons. The molecule has 2 aliphatic rings. The fourth-order valence-corrected chi connectivity index (χ4v) is 8.81. The number of rotatable bonds is 5. The van der Waals surface area contributed by atoms with Gasteiger partial charge in [-0.3, -0.25) is 4.98 Å². The summed E-state index contributed by atoms with van der Waals surface area (Å²) in [6.07, 6.45) is 3.68. The Hall–Kier alpha value is -7.30. The van der Waals surface area contributed by atoms with E-state index in [1.54, 1.807) is 6.20 Å². The maximum Gasteiger partial charge on any atom is 0.164 e. The van der Waals surface area contributed by atoms with Gasteiger partial charge in [0.05, 0.1) is 5.41 Å². The van der Waals surface area contributed by atoms with Crippen LogP contribution in [0, 0.1) is 0 Å². The zero-order chi connectivity index (χ0) is 36.3. The molecule has 0 N–H and O–H groups in total. The van der Waals surface area contributed by atoms with Crippen LogP contribution >= 0.6 is 0 Å². The zero-order valence-electron chi connectivity index (χ0n) is 29.8. The molecule has 0 atom stereocenters. The number of hydrogen-bond acceptors (Lipinski definition) is 4. The summed E-state index contributed by atoms with van der Waals surface area (Å²) in [6, 6.07) is 64.8. The van der Waals surface area contributed by atoms with Crippen LogP contribution in [0.15, 0.2) is 194 Å². The number of nitrogens with zero attached hydrogens (tertiary/aromatic N) is 4. The summed E-state index contributed by atoms with van der Waals surface area (Å²) in [6.45, 7) is 0. The first-order valence-corrected chi connectivity index (χ1v) is 18.6. The fourth-order valence-electron chi connectivity index (χ4n) is 8.81. The normalized spacial score (nSPS) is 12.9. The van der Waals surface area contributed by atoms with E-state index in [1.165, 1.54) is 44.5 Å². The van der Waals surface area contributed by atoms with Crippen LogP contribution in [0.25, 0.3) is 78.7 Å². The van der Waals surface area contributed by atoms with Gasteiger partial charge in [-0.05, 0) is 85.0 Å². The largest absolute Gasteiger partial charge is 0.264 e. The fraction of sp³-hybridized carbons (Fsp3) is 0.0196. The summed E-state index contributed by atoms with van der Waals surface area (Å²) in [7, 11) is 0. The van der Waals surface area contributed by atoms with Crippen molar-refractivity contribution in [2.75, 3.05) is 0 Å². The molecule has 2 aromatic heterocycles. The maximum atomic E-state index is 5.25. The molecule has 1 spiro atoms. The first kappa shape index (κ1) is 31.2. The highest BCUT2D eigenvalue weighted by molar-refractivity contribution is 5.95. The molecule has 11 rings (SSSR count). The van der Waals surface area contributed by atoms with Crippen molar-refractivity contribution in [2.45, 2.75) is 5.41 Å². The molecule has 0 unspecified atom stereocenters. The van der Waals surface area contributed by atoms with E-state index in [4.69, 9.17) is 15.0 Å². The van der Waals surface area contributed by atoms with Crippen molar-refractivity contribution in [3.8, 4) is 78.7 Å². The summed E-state index contributed by atoms with van der Waals surface area (Å²) in [5.74, 6) is 1.89. The number of pyridine rings is 1. The molecule has 2 heterocycles. The molecule has 2 aliphatic carbocycles. The third-order valence-electron chi connectivity index (χ3n) is 11.3. The van der Waals surface area contributed by atoms with Crippen molar-refractivity contribution < 1.29 is 0 Å². The van der Waals surface area contributed by atoms with Crippen LogP contribution in [0.5, 0.6) is 0 Å². The van der Waals surface area contributed by atoms with E-state index in [0.717, 1.165) is 38.9 Å². The van der Waals surface area contributed by atoms with E-state index in [2.05, 4.69) is 175 Å². The third kappa shape index (κ3) is 4.85. The van der Waals surface area contributed by atoms with Gasteiger partial charge in [0.25, 0.3) is 0 Å². The van der Waals surface area contributed by atoms with Gasteiger partial charge in [-0.15, -0.1) is 0 Å². The van der Waals surface area contributed by atoms with Gasteiger partial charge < -0.3 is 0 Å². The standard InChI is InChI=1S/C51H32N4/c1-2-12-33(13-3-1)36-14-10-15-37(30-36)49-53-48(35-25-23-34(24-26-35)39-16-11-29-52-32-39)54-50(55-49)38-27-28-43-42-19-6-9-22-46(42)51(47(43)31-38)44-20-7-4-17-40(44)41-18-5-8-21-45(41)51/h1-32H. The van der Waals surface area contributed by atoms with Crippen LogP contribution in [0.3, 0.4) is 0 Å². The van der Waals surface area contributed by atoms with Crippen LogP contribution in [-0.2, 0) is 5.41 Å². The van der Waals surface area contributed by atoms with Crippen LogP contribution in [0.2, 0.25) is 0 Å². The van der Waals surface area contributed by atoms with E-state index >= 15 is 0 Å². The number of aromatic nitrogens is 4. The van der Waals surface area contributed by atoms with Gasteiger partial charge in [-0.2, -0.15) is 0 Å². The van der Waals surface area contributed by atoms with E-state index in [9.17, 15) is 0 Å². The van der Waals surface area contributed by atoms with E-state index in [1.807, 2.05) is 18.3 Å². The second-order valence-corrected chi connectivity index (χ2v) is 14.2. The van der Waals surface area contributed by atoms with E-state index in [0.29, 0.717) is 17.5 Å². The molecule has 0 amide bonds.